The molecule has 1 aliphatic carbocycles. The summed E-state index contributed by atoms with van der Waals surface area (Å²) in [4.78, 5) is 16.0. The van der Waals surface area contributed by atoms with Gasteiger partial charge in [0.15, 0.2) is 0 Å². The van der Waals surface area contributed by atoms with Crippen LogP contribution in [-0.4, -0.2) is 55.0 Å². The number of hydrogen-bond acceptors (Lipinski definition) is 3. The van der Waals surface area contributed by atoms with E-state index in [0.29, 0.717) is 19.1 Å². The third kappa shape index (κ3) is 4.49. The fourth-order valence-corrected chi connectivity index (χ4v) is 1.87. The molecular weight excluding hydrogens is 202 g/mol. The SMILES string of the molecule is CCCN(CC(=O)N(C)CCCN)C1CC1. The fourth-order valence-electron chi connectivity index (χ4n) is 1.87. The van der Waals surface area contributed by atoms with Gasteiger partial charge < -0.3 is 10.6 Å². The summed E-state index contributed by atoms with van der Waals surface area (Å²) in [5.74, 6) is 0.230. The van der Waals surface area contributed by atoms with Gasteiger partial charge in [-0.05, 0) is 38.8 Å². The van der Waals surface area contributed by atoms with Crippen molar-refractivity contribution in [1.29, 1.82) is 0 Å². The van der Waals surface area contributed by atoms with Crippen molar-refractivity contribution in [2.45, 2.75) is 38.6 Å². The van der Waals surface area contributed by atoms with E-state index < -0.39 is 0 Å². The second kappa shape index (κ2) is 6.86. The number of nitrogens with zero attached hydrogens (tertiary/aromatic N) is 2. The molecule has 94 valence electrons. The first-order chi connectivity index (χ1) is 7.69. The first kappa shape index (κ1) is 13.5. The van der Waals surface area contributed by atoms with Crippen LogP contribution in [0.3, 0.4) is 0 Å². The van der Waals surface area contributed by atoms with Gasteiger partial charge in [0.1, 0.15) is 0 Å². The Morgan fingerprint density at radius 3 is 2.56 bits per heavy atom. The summed E-state index contributed by atoms with van der Waals surface area (Å²) in [6, 6.07) is 0.673. The van der Waals surface area contributed by atoms with Gasteiger partial charge in [-0.2, -0.15) is 0 Å². The normalized spacial score (nSPS) is 15.5. The lowest BCUT2D eigenvalue weighted by Gasteiger charge is -2.24. The van der Waals surface area contributed by atoms with Gasteiger partial charge in [0.2, 0.25) is 5.91 Å². The molecule has 0 saturated heterocycles. The first-order valence-corrected chi connectivity index (χ1v) is 6.37. The second-order valence-corrected chi connectivity index (χ2v) is 4.66. The Morgan fingerprint density at radius 1 is 1.38 bits per heavy atom. The van der Waals surface area contributed by atoms with Gasteiger partial charge in [-0.3, -0.25) is 9.69 Å². The molecule has 16 heavy (non-hydrogen) atoms. The Balaban J connectivity index is 2.29. The monoisotopic (exact) mass is 227 g/mol. The zero-order valence-electron chi connectivity index (χ0n) is 10.6. The maximum absolute atomic E-state index is 11.9. The number of carbonyl (C=O) groups excluding carboxylic acids is 1. The molecule has 4 heteroatoms. The Hall–Kier alpha value is -0.610. The lowest BCUT2D eigenvalue weighted by atomic mass is 10.3. The maximum Gasteiger partial charge on any atom is 0.236 e. The van der Waals surface area contributed by atoms with Gasteiger partial charge in [0.05, 0.1) is 6.54 Å². The van der Waals surface area contributed by atoms with Crippen LogP contribution in [0.15, 0.2) is 0 Å². The third-order valence-electron chi connectivity index (χ3n) is 3.04. The van der Waals surface area contributed by atoms with Crippen molar-refractivity contribution in [2.75, 3.05) is 33.2 Å². The number of amides is 1. The molecule has 0 aliphatic heterocycles. The summed E-state index contributed by atoms with van der Waals surface area (Å²) in [6.45, 7) is 5.22. The largest absolute Gasteiger partial charge is 0.345 e. The Bertz CT molecular complexity index is 216. The molecule has 0 radical (unpaired) electrons. The predicted octanol–water partition coefficient (Wildman–Crippen LogP) is 0.668. The third-order valence-corrected chi connectivity index (χ3v) is 3.04. The molecule has 0 aromatic heterocycles. The maximum atomic E-state index is 11.9. The van der Waals surface area contributed by atoms with Crippen molar-refractivity contribution in [2.24, 2.45) is 5.73 Å². The molecule has 4 nitrogen and oxygen atoms in total. The minimum Gasteiger partial charge on any atom is -0.345 e. The number of likely N-dealkylation sites (N-methyl/N-ethyl adjacent to an activating group) is 1. The van der Waals surface area contributed by atoms with Crippen LogP contribution in [0.5, 0.6) is 0 Å². The quantitative estimate of drug-likeness (QED) is 0.663. The highest BCUT2D eigenvalue weighted by Crippen LogP contribution is 2.26. The average Bonchev–Trinajstić information content (AvgIpc) is 3.08. The minimum absolute atomic E-state index is 0.230. The highest BCUT2D eigenvalue weighted by molar-refractivity contribution is 5.78. The zero-order chi connectivity index (χ0) is 12.0. The van der Waals surface area contributed by atoms with Gasteiger partial charge in [-0.25, -0.2) is 0 Å². The van der Waals surface area contributed by atoms with Crippen molar-refractivity contribution in [3.05, 3.63) is 0 Å². The van der Waals surface area contributed by atoms with E-state index >= 15 is 0 Å². The highest BCUT2D eigenvalue weighted by atomic mass is 16.2. The van der Waals surface area contributed by atoms with Crippen molar-refractivity contribution >= 4 is 5.91 Å². The molecule has 0 bridgehead atoms. The number of rotatable bonds is 8. The van der Waals surface area contributed by atoms with Gasteiger partial charge in [0, 0.05) is 19.6 Å². The average molecular weight is 227 g/mol. The van der Waals surface area contributed by atoms with Crippen LogP contribution >= 0.6 is 0 Å². The van der Waals surface area contributed by atoms with E-state index in [9.17, 15) is 4.79 Å². The summed E-state index contributed by atoms with van der Waals surface area (Å²) < 4.78 is 0. The van der Waals surface area contributed by atoms with E-state index in [1.54, 1.807) is 4.90 Å². The van der Waals surface area contributed by atoms with E-state index in [1.807, 2.05) is 7.05 Å². The molecule has 0 spiro atoms. The van der Waals surface area contributed by atoms with E-state index in [1.165, 1.54) is 12.8 Å². The second-order valence-electron chi connectivity index (χ2n) is 4.66. The van der Waals surface area contributed by atoms with Crippen molar-refractivity contribution in [3.63, 3.8) is 0 Å². The summed E-state index contributed by atoms with van der Waals surface area (Å²) in [5.41, 5.74) is 5.44. The molecule has 1 saturated carbocycles. The van der Waals surface area contributed by atoms with E-state index in [4.69, 9.17) is 5.73 Å². The molecule has 0 unspecified atom stereocenters. The lowest BCUT2D eigenvalue weighted by molar-refractivity contribution is -0.131. The lowest BCUT2D eigenvalue weighted by Crippen LogP contribution is -2.40. The minimum atomic E-state index is 0.230. The van der Waals surface area contributed by atoms with Crippen molar-refractivity contribution in [3.8, 4) is 0 Å². The van der Waals surface area contributed by atoms with Crippen LogP contribution in [0.2, 0.25) is 0 Å². The zero-order valence-corrected chi connectivity index (χ0v) is 10.6. The molecule has 1 amide bonds. The number of hydrogen-bond donors (Lipinski definition) is 1. The summed E-state index contributed by atoms with van der Waals surface area (Å²) in [6.07, 6.45) is 4.54. The molecule has 0 atom stereocenters. The molecule has 1 aliphatic rings. The summed E-state index contributed by atoms with van der Waals surface area (Å²) >= 11 is 0. The Morgan fingerprint density at radius 2 is 2.06 bits per heavy atom. The fraction of sp³-hybridized carbons (Fsp3) is 0.917. The van der Waals surface area contributed by atoms with Crippen molar-refractivity contribution < 1.29 is 4.79 Å². The van der Waals surface area contributed by atoms with Crippen LogP contribution in [0.4, 0.5) is 0 Å². The van der Waals surface area contributed by atoms with E-state index in [2.05, 4.69) is 11.8 Å². The number of carbonyl (C=O) groups is 1. The Labute approximate surface area is 98.8 Å². The highest BCUT2D eigenvalue weighted by Gasteiger charge is 2.30. The van der Waals surface area contributed by atoms with Crippen LogP contribution in [0.1, 0.15) is 32.6 Å². The molecule has 0 aromatic rings. The molecule has 1 fully saturated rings. The van der Waals surface area contributed by atoms with Crippen molar-refractivity contribution in [1.82, 2.24) is 9.80 Å². The molecule has 1 rings (SSSR count). The summed E-state index contributed by atoms with van der Waals surface area (Å²) in [5, 5.41) is 0. The van der Waals surface area contributed by atoms with E-state index in [0.717, 1.165) is 25.9 Å². The topological polar surface area (TPSA) is 49.6 Å². The van der Waals surface area contributed by atoms with E-state index in [-0.39, 0.29) is 5.91 Å². The van der Waals surface area contributed by atoms with Crippen LogP contribution in [-0.2, 0) is 4.79 Å². The van der Waals surface area contributed by atoms with Crippen LogP contribution in [0.25, 0.3) is 0 Å². The smallest absolute Gasteiger partial charge is 0.236 e. The van der Waals surface area contributed by atoms with Crippen LogP contribution < -0.4 is 5.73 Å². The van der Waals surface area contributed by atoms with Gasteiger partial charge in [-0.15, -0.1) is 0 Å². The standard InChI is InChI=1S/C12H25N3O/c1-3-8-15(11-5-6-11)10-12(16)14(2)9-4-7-13/h11H,3-10,13H2,1-2H3. The molecule has 0 heterocycles. The molecule has 0 aromatic carbocycles. The van der Waals surface area contributed by atoms with Gasteiger partial charge in [-0.1, -0.05) is 6.92 Å². The summed E-state index contributed by atoms with van der Waals surface area (Å²) in [7, 11) is 1.87. The number of nitrogens with two attached hydrogens (primary N) is 1. The Kier molecular flexibility index (Phi) is 5.77. The van der Waals surface area contributed by atoms with Gasteiger partial charge >= 0.3 is 0 Å². The van der Waals surface area contributed by atoms with Crippen LogP contribution in [0, 0.1) is 0 Å². The first-order valence-electron chi connectivity index (χ1n) is 6.37. The molecule has 2 N–H and O–H groups in total. The molecular formula is C12H25N3O. The van der Waals surface area contributed by atoms with Gasteiger partial charge in [0.25, 0.3) is 0 Å². The predicted molar refractivity (Wildman–Crippen MR) is 66.2 cm³/mol.